The molecule has 1 aliphatic heterocycles. The fourth-order valence-electron chi connectivity index (χ4n) is 4.37. The van der Waals surface area contributed by atoms with Crippen LogP contribution in [-0.2, 0) is 24.4 Å². The lowest BCUT2D eigenvalue weighted by atomic mass is 9.94. The zero-order valence-corrected chi connectivity index (χ0v) is 19.0. The number of hydrogen-bond acceptors (Lipinski definition) is 3. The molecule has 0 radical (unpaired) electrons. The Morgan fingerprint density at radius 3 is 2.15 bits per heavy atom. The van der Waals surface area contributed by atoms with Crippen LogP contribution in [0.5, 0.6) is 0 Å². The highest BCUT2D eigenvalue weighted by atomic mass is 16.2. The Morgan fingerprint density at radius 1 is 0.912 bits per heavy atom. The summed E-state index contributed by atoms with van der Waals surface area (Å²) in [6.45, 7) is 2.82. The van der Waals surface area contributed by atoms with Gasteiger partial charge in [-0.2, -0.15) is 5.10 Å². The van der Waals surface area contributed by atoms with E-state index in [1.54, 1.807) is 9.58 Å². The summed E-state index contributed by atoms with van der Waals surface area (Å²) in [6.07, 6.45) is 0. The maximum absolute atomic E-state index is 13.7. The topological polar surface area (TPSA) is 67.2 Å². The van der Waals surface area contributed by atoms with Gasteiger partial charge in [-0.1, -0.05) is 91.0 Å². The lowest BCUT2D eigenvalue weighted by Crippen LogP contribution is -2.63. The van der Waals surface area contributed by atoms with Crippen molar-refractivity contribution in [1.82, 2.24) is 20.0 Å². The minimum absolute atomic E-state index is 0.206. The number of nitrogens with one attached hydrogen (secondary N) is 1. The molecule has 1 N–H and O–H groups in total. The highest BCUT2D eigenvalue weighted by Gasteiger charge is 2.47. The molecule has 1 aromatic heterocycles. The monoisotopic (exact) mass is 450 g/mol. The second kappa shape index (κ2) is 8.98. The number of rotatable bonds is 6. The van der Waals surface area contributed by atoms with Gasteiger partial charge in [-0.3, -0.25) is 14.3 Å². The number of fused-ring (bicyclic) bond motifs is 1. The third kappa shape index (κ3) is 4.10. The highest BCUT2D eigenvalue weighted by Crippen LogP contribution is 2.31. The van der Waals surface area contributed by atoms with Gasteiger partial charge in [0, 0.05) is 18.7 Å². The van der Waals surface area contributed by atoms with Crippen LogP contribution in [0.3, 0.4) is 0 Å². The molecule has 6 nitrogen and oxygen atoms in total. The van der Waals surface area contributed by atoms with Gasteiger partial charge in [-0.15, -0.1) is 0 Å². The number of carbonyl (C=O) groups excluding carboxylic acids is 2. The first-order chi connectivity index (χ1) is 16.5. The normalized spacial score (nSPS) is 17.3. The number of carbonyl (C=O) groups is 2. The van der Waals surface area contributed by atoms with Gasteiger partial charge in [0.15, 0.2) is 0 Å². The summed E-state index contributed by atoms with van der Waals surface area (Å²) in [7, 11) is 0. The van der Waals surface area contributed by atoms with Crippen LogP contribution in [-0.4, -0.2) is 32.0 Å². The van der Waals surface area contributed by atoms with Crippen molar-refractivity contribution in [3.05, 3.63) is 114 Å². The number of amides is 2. The summed E-state index contributed by atoms with van der Waals surface area (Å²) in [5.74, 6) is -0.412. The fourth-order valence-corrected chi connectivity index (χ4v) is 4.37. The van der Waals surface area contributed by atoms with Crippen molar-refractivity contribution >= 4 is 11.8 Å². The molecule has 34 heavy (non-hydrogen) atoms. The van der Waals surface area contributed by atoms with Crippen LogP contribution in [0.2, 0.25) is 0 Å². The van der Waals surface area contributed by atoms with Gasteiger partial charge in [0.1, 0.15) is 11.2 Å². The molecule has 6 heteroatoms. The van der Waals surface area contributed by atoms with Crippen LogP contribution >= 0.6 is 0 Å². The Hall–Kier alpha value is -4.19. The third-order valence-electron chi connectivity index (χ3n) is 6.34. The standard InChI is InChI=1S/C28H26N4O2/c1-28(27(34)29-18-21-11-5-2-6-12-21)20-32-25(17-24(30-32)23-15-9-4-10-16-23)26(33)31(28)19-22-13-7-3-8-14-22/h2-17H,18-20H2,1H3,(H,29,34)/t28-/m1/s1. The Bertz CT molecular complexity index is 1300. The Balaban J connectivity index is 1.49. The second-order valence-electron chi connectivity index (χ2n) is 8.76. The van der Waals surface area contributed by atoms with Crippen LogP contribution in [0.15, 0.2) is 97.1 Å². The van der Waals surface area contributed by atoms with E-state index in [1.165, 1.54) is 0 Å². The van der Waals surface area contributed by atoms with Crippen LogP contribution in [0, 0.1) is 0 Å². The maximum Gasteiger partial charge on any atom is 0.273 e. The lowest BCUT2D eigenvalue weighted by Gasteiger charge is -2.43. The molecule has 0 bridgehead atoms. The summed E-state index contributed by atoms with van der Waals surface area (Å²) in [4.78, 5) is 29.0. The quantitative estimate of drug-likeness (QED) is 0.477. The van der Waals surface area contributed by atoms with Crippen LogP contribution in [0.4, 0.5) is 0 Å². The van der Waals surface area contributed by atoms with Crippen molar-refractivity contribution in [2.45, 2.75) is 32.1 Å². The van der Waals surface area contributed by atoms with E-state index in [9.17, 15) is 9.59 Å². The van der Waals surface area contributed by atoms with Crippen LogP contribution in [0.1, 0.15) is 28.5 Å². The molecule has 170 valence electrons. The van der Waals surface area contributed by atoms with E-state index >= 15 is 0 Å². The van der Waals surface area contributed by atoms with E-state index < -0.39 is 5.54 Å². The summed E-state index contributed by atoms with van der Waals surface area (Å²) in [6, 6.07) is 31.1. The second-order valence-corrected chi connectivity index (χ2v) is 8.76. The summed E-state index contributed by atoms with van der Waals surface area (Å²) in [5.41, 5.74) is 3.01. The average molecular weight is 451 g/mol. The van der Waals surface area contributed by atoms with Crippen molar-refractivity contribution in [2.75, 3.05) is 0 Å². The van der Waals surface area contributed by atoms with Crippen molar-refractivity contribution in [3.8, 4) is 11.3 Å². The van der Waals surface area contributed by atoms with E-state index in [4.69, 9.17) is 5.10 Å². The Labute approximate surface area is 198 Å². The first kappa shape index (κ1) is 21.6. The van der Waals surface area contributed by atoms with E-state index in [0.717, 1.165) is 22.4 Å². The van der Waals surface area contributed by atoms with Gasteiger partial charge < -0.3 is 10.2 Å². The largest absolute Gasteiger partial charge is 0.350 e. The minimum Gasteiger partial charge on any atom is -0.350 e. The van der Waals surface area contributed by atoms with E-state index in [1.807, 2.05) is 104 Å². The zero-order valence-electron chi connectivity index (χ0n) is 19.0. The number of nitrogens with zero attached hydrogens (tertiary/aromatic N) is 3. The minimum atomic E-state index is -1.10. The molecule has 4 aromatic rings. The molecule has 0 fully saturated rings. The Morgan fingerprint density at radius 2 is 1.50 bits per heavy atom. The summed E-state index contributed by atoms with van der Waals surface area (Å²) < 4.78 is 1.67. The first-order valence-electron chi connectivity index (χ1n) is 11.4. The van der Waals surface area contributed by atoms with Gasteiger partial charge in [0.05, 0.1) is 12.2 Å². The molecule has 0 unspecified atom stereocenters. The van der Waals surface area contributed by atoms with Gasteiger partial charge in [-0.25, -0.2) is 0 Å². The highest BCUT2D eigenvalue weighted by molar-refractivity contribution is 6.00. The average Bonchev–Trinajstić information content (AvgIpc) is 3.31. The van der Waals surface area contributed by atoms with Crippen molar-refractivity contribution in [3.63, 3.8) is 0 Å². The van der Waals surface area contributed by atoms with Crippen molar-refractivity contribution in [2.24, 2.45) is 0 Å². The number of aromatic nitrogens is 2. The maximum atomic E-state index is 13.7. The molecule has 2 amide bonds. The summed E-state index contributed by atoms with van der Waals surface area (Å²) in [5, 5.41) is 7.74. The Kier molecular flexibility index (Phi) is 5.72. The number of benzene rings is 3. The predicted octanol–water partition coefficient (Wildman–Crippen LogP) is 4.28. The molecule has 0 aliphatic carbocycles. The number of hydrogen-bond donors (Lipinski definition) is 1. The molecule has 5 rings (SSSR count). The zero-order chi connectivity index (χ0) is 23.5. The molecular weight excluding hydrogens is 424 g/mol. The van der Waals surface area contributed by atoms with Gasteiger partial charge in [0.2, 0.25) is 5.91 Å². The molecule has 0 spiro atoms. The van der Waals surface area contributed by atoms with E-state index in [0.29, 0.717) is 18.8 Å². The fraction of sp³-hybridized carbons (Fsp3) is 0.179. The third-order valence-corrected chi connectivity index (χ3v) is 6.34. The smallest absolute Gasteiger partial charge is 0.273 e. The molecule has 1 atom stereocenters. The molecule has 0 saturated heterocycles. The molecular formula is C28H26N4O2. The molecule has 2 heterocycles. The summed E-state index contributed by atoms with van der Waals surface area (Å²) >= 11 is 0. The van der Waals surface area contributed by atoms with E-state index in [2.05, 4.69) is 5.32 Å². The van der Waals surface area contributed by atoms with Crippen molar-refractivity contribution in [1.29, 1.82) is 0 Å². The van der Waals surface area contributed by atoms with Gasteiger partial charge in [0.25, 0.3) is 5.91 Å². The predicted molar refractivity (Wildman–Crippen MR) is 131 cm³/mol. The van der Waals surface area contributed by atoms with Crippen LogP contribution in [0.25, 0.3) is 11.3 Å². The molecule has 0 saturated carbocycles. The van der Waals surface area contributed by atoms with E-state index in [-0.39, 0.29) is 18.4 Å². The van der Waals surface area contributed by atoms with Crippen LogP contribution < -0.4 is 5.32 Å². The van der Waals surface area contributed by atoms with Gasteiger partial charge >= 0.3 is 0 Å². The lowest BCUT2D eigenvalue weighted by molar-refractivity contribution is -0.133. The SMILES string of the molecule is C[C@]1(C(=O)NCc2ccccc2)Cn2nc(-c3ccccc3)cc2C(=O)N1Cc1ccccc1. The van der Waals surface area contributed by atoms with Crippen molar-refractivity contribution < 1.29 is 9.59 Å². The first-order valence-corrected chi connectivity index (χ1v) is 11.4. The molecule has 1 aliphatic rings. The van der Waals surface area contributed by atoms with Gasteiger partial charge in [-0.05, 0) is 24.1 Å². The molecule has 3 aromatic carbocycles.